The quantitative estimate of drug-likeness (QED) is 0.458. The van der Waals surface area contributed by atoms with Gasteiger partial charge in [-0.05, 0) is 93.8 Å². The zero-order chi connectivity index (χ0) is 21.7. The zero-order valence-corrected chi connectivity index (χ0v) is 19.4. The van der Waals surface area contributed by atoms with E-state index in [0.29, 0.717) is 42.5 Å². The Bertz CT molecular complexity index is 714. The molecule has 0 heterocycles. The van der Waals surface area contributed by atoms with Gasteiger partial charge in [0.15, 0.2) is 5.78 Å². The van der Waals surface area contributed by atoms with Crippen molar-refractivity contribution in [2.45, 2.75) is 91.9 Å². The van der Waals surface area contributed by atoms with Crippen LogP contribution in [0.1, 0.15) is 91.9 Å². The highest BCUT2D eigenvalue weighted by atomic mass is 16.5. The first kappa shape index (κ1) is 22.0. The molecule has 4 fully saturated rings. The number of esters is 1. The van der Waals surface area contributed by atoms with Crippen LogP contribution in [0.5, 0.6) is 0 Å². The molecule has 30 heavy (non-hydrogen) atoms. The largest absolute Gasteiger partial charge is 0.465 e. The molecule has 8 atom stereocenters. The van der Waals surface area contributed by atoms with Crippen molar-refractivity contribution in [3.8, 4) is 0 Å². The first-order valence-corrected chi connectivity index (χ1v) is 12.5. The highest BCUT2D eigenvalue weighted by molar-refractivity contribution is 6.02. The van der Waals surface area contributed by atoms with Gasteiger partial charge in [0.05, 0.1) is 6.61 Å². The van der Waals surface area contributed by atoms with Gasteiger partial charge in [0.1, 0.15) is 11.7 Å². The number of ether oxygens (including phenoxy) is 1. The van der Waals surface area contributed by atoms with Gasteiger partial charge >= 0.3 is 5.97 Å². The third kappa shape index (κ3) is 3.28. The number of fused-ring (bicyclic) bond motifs is 5. The summed E-state index contributed by atoms with van der Waals surface area (Å²) in [6, 6.07) is 0. The zero-order valence-electron chi connectivity index (χ0n) is 19.4. The lowest BCUT2D eigenvalue weighted by atomic mass is 9.43. The number of hydrogen-bond acceptors (Lipinski definition) is 4. The molecular formula is C26H40O4. The van der Waals surface area contributed by atoms with E-state index in [0.717, 1.165) is 57.8 Å². The van der Waals surface area contributed by atoms with Gasteiger partial charge in [0.2, 0.25) is 0 Å². The second kappa shape index (κ2) is 8.06. The van der Waals surface area contributed by atoms with Gasteiger partial charge in [-0.15, -0.1) is 0 Å². The molecule has 4 aliphatic rings. The van der Waals surface area contributed by atoms with E-state index in [2.05, 4.69) is 20.8 Å². The molecule has 0 aromatic rings. The molecular weight excluding hydrogens is 376 g/mol. The maximum Gasteiger partial charge on any atom is 0.316 e. The van der Waals surface area contributed by atoms with Crippen molar-refractivity contribution in [3.05, 3.63) is 0 Å². The lowest BCUT2D eigenvalue weighted by molar-refractivity contribution is -0.168. The molecule has 0 radical (unpaired) electrons. The normalized spacial score (nSPS) is 46.3. The second-order valence-electron chi connectivity index (χ2n) is 11.2. The summed E-state index contributed by atoms with van der Waals surface area (Å²) in [5.41, 5.74) is -0.155. The molecule has 0 saturated heterocycles. The van der Waals surface area contributed by atoms with E-state index in [4.69, 9.17) is 4.74 Å². The SMILES string of the molecule is CCOC(=O)C1CC[C@H]2[C@@H]3CC[C@H]4CC(=O)C(CC)CC[C@]4(C)[C@H]3CC[C@]2(C)C1=O. The van der Waals surface area contributed by atoms with E-state index < -0.39 is 5.92 Å². The Balaban J connectivity index is 1.58. The predicted molar refractivity (Wildman–Crippen MR) is 116 cm³/mol. The first-order valence-electron chi connectivity index (χ1n) is 12.5. The molecule has 2 unspecified atom stereocenters. The molecule has 168 valence electrons. The lowest BCUT2D eigenvalue weighted by Gasteiger charge is -2.60. The Morgan fingerprint density at radius 2 is 1.73 bits per heavy atom. The van der Waals surface area contributed by atoms with Crippen LogP contribution in [0, 0.1) is 46.3 Å². The average Bonchev–Trinajstić information content (AvgIpc) is 2.84. The highest BCUT2D eigenvalue weighted by Crippen LogP contribution is 2.64. The minimum atomic E-state index is -0.560. The third-order valence-electron chi connectivity index (χ3n) is 10.1. The minimum Gasteiger partial charge on any atom is -0.465 e. The Morgan fingerprint density at radius 1 is 0.967 bits per heavy atom. The Morgan fingerprint density at radius 3 is 2.43 bits per heavy atom. The summed E-state index contributed by atoms with van der Waals surface area (Å²) in [6.45, 7) is 8.90. The van der Waals surface area contributed by atoms with E-state index in [1.54, 1.807) is 6.92 Å². The van der Waals surface area contributed by atoms with Gasteiger partial charge in [0, 0.05) is 17.8 Å². The topological polar surface area (TPSA) is 60.4 Å². The van der Waals surface area contributed by atoms with Crippen molar-refractivity contribution in [3.63, 3.8) is 0 Å². The van der Waals surface area contributed by atoms with Crippen LogP contribution in [0.4, 0.5) is 0 Å². The summed E-state index contributed by atoms with van der Waals surface area (Å²) < 4.78 is 5.22. The summed E-state index contributed by atoms with van der Waals surface area (Å²) in [4.78, 5) is 38.7. The van der Waals surface area contributed by atoms with E-state index >= 15 is 0 Å². The predicted octanol–water partition coefficient (Wildman–Crippen LogP) is 5.37. The van der Waals surface area contributed by atoms with Gasteiger partial charge in [-0.2, -0.15) is 0 Å². The molecule has 4 aliphatic carbocycles. The summed E-state index contributed by atoms with van der Waals surface area (Å²) in [5, 5.41) is 0. The maximum absolute atomic E-state index is 13.5. The third-order valence-corrected chi connectivity index (χ3v) is 10.1. The fourth-order valence-electron chi connectivity index (χ4n) is 8.25. The van der Waals surface area contributed by atoms with Crippen LogP contribution in [0.3, 0.4) is 0 Å². The molecule has 4 heteroatoms. The van der Waals surface area contributed by atoms with Crippen LogP contribution >= 0.6 is 0 Å². The monoisotopic (exact) mass is 416 g/mol. The van der Waals surface area contributed by atoms with E-state index in [1.165, 1.54) is 0 Å². The van der Waals surface area contributed by atoms with Crippen molar-refractivity contribution in [2.75, 3.05) is 6.61 Å². The van der Waals surface area contributed by atoms with Gasteiger partial charge in [-0.1, -0.05) is 20.8 Å². The van der Waals surface area contributed by atoms with Crippen molar-refractivity contribution < 1.29 is 19.1 Å². The number of hydrogen-bond donors (Lipinski definition) is 0. The fourth-order valence-corrected chi connectivity index (χ4v) is 8.25. The van der Waals surface area contributed by atoms with Crippen molar-refractivity contribution in [1.29, 1.82) is 0 Å². The Hall–Kier alpha value is -1.19. The number of Topliss-reactive ketones (excluding diaryl/α,β-unsaturated/α-hetero) is 2. The molecule has 0 aromatic heterocycles. The average molecular weight is 417 g/mol. The molecule has 4 saturated carbocycles. The van der Waals surface area contributed by atoms with E-state index in [9.17, 15) is 14.4 Å². The molecule has 0 aromatic carbocycles. The fraction of sp³-hybridized carbons (Fsp3) is 0.885. The standard InChI is InChI=1S/C26H40O4/c1-5-16-11-13-25(3)17(15-22(16)27)7-8-18-20-10-9-19(24(29)30-6-2)23(28)26(20,4)14-12-21(18)25/h16-21H,5-15H2,1-4H3/t16?,17-,18-,19?,20-,21-,25-,26-/m0/s1. The number of ketones is 2. The maximum atomic E-state index is 13.5. The van der Waals surface area contributed by atoms with Crippen LogP contribution in [-0.4, -0.2) is 24.1 Å². The summed E-state index contributed by atoms with van der Waals surface area (Å²) in [5.74, 6) is 2.09. The van der Waals surface area contributed by atoms with Crippen LogP contribution < -0.4 is 0 Å². The van der Waals surface area contributed by atoms with Crippen molar-refractivity contribution >= 4 is 17.5 Å². The van der Waals surface area contributed by atoms with Crippen molar-refractivity contribution in [1.82, 2.24) is 0 Å². The van der Waals surface area contributed by atoms with Crippen LogP contribution in [0.2, 0.25) is 0 Å². The van der Waals surface area contributed by atoms with Gasteiger partial charge in [-0.25, -0.2) is 0 Å². The van der Waals surface area contributed by atoms with Gasteiger partial charge in [0.25, 0.3) is 0 Å². The van der Waals surface area contributed by atoms with Crippen molar-refractivity contribution in [2.24, 2.45) is 46.3 Å². The molecule has 4 nitrogen and oxygen atoms in total. The summed E-state index contributed by atoms with van der Waals surface area (Å²) in [7, 11) is 0. The second-order valence-corrected chi connectivity index (χ2v) is 11.2. The Kier molecular flexibility index (Phi) is 5.91. The van der Waals surface area contributed by atoms with Crippen LogP contribution in [-0.2, 0) is 19.1 Å². The lowest BCUT2D eigenvalue weighted by Crippen LogP contribution is -2.57. The molecule has 0 N–H and O–H groups in total. The summed E-state index contributed by atoms with van der Waals surface area (Å²) >= 11 is 0. The Labute approximate surface area is 181 Å². The minimum absolute atomic E-state index is 0.144. The smallest absolute Gasteiger partial charge is 0.316 e. The number of rotatable bonds is 3. The van der Waals surface area contributed by atoms with E-state index in [1.807, 2.05) is 0 Å². The van der Waals surface area contributed by atoms with Gasteiger partial charge < -0.3 is 4.74 Å². The summed E-state index contributed by atoms with van der Waals surface area (Å²) in [6.07, 6.45) is 9.78. The molecule has 0 aliphatic heterocycles. The van der Waals surface area contributed by atoms with Gasteiger partial charge in [-0.3, -0.25) is 14.4 Å². The van der Waals surface area contributed by atoms with Crippen LogP contribution in [0.15, 0.2) is 0 Å². The number of carbonyl (C=O) groups excluding carboxylic acids is 3. The molecule has 4 rings (SSSR count). The van der Waals surface area contributed by atoms with Crippen LogP contribution in [0.25, 0.3) is 0 Å². The molecule has 0 spiro atoms. The first-order chi connectivity index (χ1) is 14.3. The van der Waals surface area contributed by atoms with E-state index in [-0.39, 0.29) is 28.5 Å². The molecule has 0 amide bonds. The highest BCUT2D eigenvalue weighted by Gasteiger charge is 2.61. The molecule has 0 bridgehead atoms. The number of carbonyl (C=O) groups is 3.